The van der Waals surface area contributed by atoms with Gasteiger partial charge in [0.05, 0.1) is 0 Å². The average molecular weight is 230 g/mol. The number of benzene rings is 1. The lowest BCUT2D eigenvalue weighted by atomic mass is 9.99. The summed E-state index contributed by atoms with van der Waals surface area (Å²) in [5, 5.41) is 3.58. The molecule has 0 N–H and O–H groups in total. The van der Waals surface area contributed by atoms with E-state index in [4.69, 9.17) is 5.53 Å². The Morgan fingerprint density at radius 3 is 3.18 bits per heavy atom. The van der Waals surface area contributed by atoms with E-state index in [-0.39, 0.29) is 0 Å². The first-order valence-electron chi connectivity index (χ1n) is 6.16. The average Bonchev–Trinajstić information content (AvgIpc) is 2.34. The van der Waals surface area contributed by atoms with Crippen LogP contribution in [0.2, 0.25) is 0 Å². The van der Waals surface area contributed by atoms with E-state index < -0.39 is 0 Å². The molecule has 1 aliphatic rings. The summed E-state index contributed by atoms with van der Waals surface area (Å²) in [4.78, 5) is 5.19. The SMILES string of the molecule is Cc1ccc2c(c1)CCCN2CCCN=[N+]=[N-]. The van der Waals surface area contributed by atoms with Crippen molar-refractivity contribution in [3.8, 4) is 0 Å². The lowest BCUT2D eigenvalue weighted by Crippen LogP contribution is -2.30. The van der Waals surface area contributed by atoms with Crippen LogP contribution >= 0.6 is 0 Å². The van der Waals surface area contributed by atoms with Crippen molar-refractivity contribution in [2.75, 3.05) is 24.5 Å². The van der Waals surface area contributed by atoms with Crippen LogP contribution < -0.4 is 4.90 Å². The topological polar surface area (TPSA) is 52.0 Å². The van der Waals surface area contributed by atoms with E-state index in [0.717, 1.165) is 19.5 Å². The third-order valence-electron chi connectivity index (χ3n) is 3.20. The lowest BCUT2D eigenvalue weighted by Gasteiger charge is -2.31. The lowest BCUT2D eigenvalue weighted by molar-refractivity contribution is 0.667. The first-order valence-corrected chi connectivity index (χ1v) is 6.16. The summed E-state index contributed by atoms with van der Waals surface area (Å²) in [5.41, 5.74) is 12.4. The van der Waals surface area contributed by atoms with Crippen molar-refractivity contribution in [2.45, 2.75) is 26.2 Å². The fraction of sp³-hybridized carbons (Fsp3) is 0.538. The van der Waals surface area contributed by atoms with E-state index in [2.05, 4.69) is 40.0 Å². The van der Waals surface area contributed by atoms with Crippen molar-refractivity contribution < 1.29 is 0 Å². The third kappa shape index (κ3) is 2.92. The fourth-order valence-corrected chi connectivity index (χ4v) is 2.41. The maximum atomic E-state index is 8.24. The van der Waals surface area contributed by atoms with E-state index in [1.165, 1.54) is 29.7 Å². The molecule has 0 saturated heterocycles. The molecule has 0 atom stereocenters. The number of hydrogen-bond acceptors (Lipinski definition) is 2. The number of aryl methyl sites for hydroxylation is 2. The molecule has 4 nitrogen and oxygen atoms in total. The monoisotopic (exact) mass is 230 g/mol. The summed E-state index contributed by atoms with van der Waals surface area (Å²) in [7, 11) is 0. The largest absolute Gasteiger partial charge is 0.371 e. The van der Waals surface area contributed by atoms with Gasteiger partial charge >= 0.3 is 0 Å². The van der Waals surface area contributed by atoms with Crippen molar-refractivity contribution in [2.24, 2.45) is 5.11 Å². The molecule has 90 valence electrons. The molecule has 0 unspecified atom stereocenters. The van der Waals surface area contributed by atoms with Crippen LogP contribution in [0.3, 0.4) is 0 Å². The minimum absolute atomic E-state index is 0.591. The van der Waals surface area contributed by atoms with Crippen LogP contribution in [0, 0.1) is 6.92 Å². The molecule has 0 saturated carbocycles. The van der Waals surface area contributed by atoms with Crippen molar-refractivity contribution in [3.05, 3.63) is 39.8 Å². The molecule has 0 spiro atoms. The number of hydrogen-bond donors (Lipinski definition) is 0. The standard InChI is InChI=1S/C13H18N4/c1-11-5-6-13-12(10-11)4-2-8-17(13)9-3-7-15-16-14/h5-6,10H,2-4,7-9H2,1H3. The van der Waals surface area contributed by atoms with E-state index in [0.29, 0.717) is 6.54 Å². The van der Waals surface area contributed by atoms with E-state index in [1.54, 1.807) is 0 Å². The fourth-order valence-electron chi connectivity index (χ4n) is 2.41. The van der Waals surface area contributed by atoms with E-state index in [1.807, 2.05) is 0 Å². The van der Waals surface area contributed by atoms with Crippen LogP contribution in [0.25, 0.3) is 10.4 Å². The van der Waals surface area contributed by atoms with Crippen LogP contribution in [0.4, 0.5) is 5.69 Å². The number of fused-ring (bicyclic) bond motifs is 1. The zero-order valence-corrected chi connectivity index (χ0v) is 10.3. The molecular formula is C13H18N4. The summed E-state index contributed by atoms with van der Waals surface area (Å²) in [5.74, 6) is 0. The summed E-state index contributed by atoms with van der Waals surface area (Å²) in [6, 6.07) is 6.68. The van der Waals surface area contributed by atoms with Gasteiger partial charge in [0.15, 0.2) is 0 Å². The van der Waals surface area contributed by atoms with Gasteiger partial charge < -0.3 is 4.90 Å². The Morgan fingerprint density at radius 2 is 2.35 bits per heavy atom. The summed E-state index contributed by atoms with van der Waals surface area (Å²) >= 11 is 0. The quantitative estimate of drug-likeness (QED) is 0.338. The highest BCUT2D eigenvalue weighted by Crippen LogP contribution is 2.27. The molecular weight excluding hydrogens is 212 g/mol. The highest BCUT2D eigenvalue weighted by molar-refractivity contribution is 5.56. The van der Waals surface area contributed by atoms with Gasteiger partial charge in [0, 0.05) is 30.2 Å². The maximum absolute atomic E-state index is 8.24. The van der Waals surface area contributed by atoms with Crippen LogP contribution in [0.1, 0.15) is 24.0 Å². The van der Waals surface area contributed by atoms with Crippen molar-refractivity contribution >= 4 is 5.69 Å². The zero-order valence-electron chi connectivity index (χ0n) is 10.3. The summed E-state index contributed by atoms with van der Waals surface area (Å²) < 4.78 is 0. The number of rotatable bonds is 4. The Kier molecular flexibility index (Phi) is 3.89. The minimum Gasteiger partial charge on any atom is -0.371 e. The molecule has 1 aromatic rings. The molecule has 17 heavy (non-hydrogen) atoms. The second-order valence-electron chi connectivity index (χ2n) is 4.53. The van der Waals surface area contributed by atoms with Crippen molar-refractivity contribution in [3.63, 3.8) is 0 Å². The third-order valence-corrected chi connectivity index (χ3v) is 3.20. The molecule has 1 heterocycles. The minimum atomic E-state index is 0.591. The molecule has 2 rings (SSSR count). The van der Waals surface area contributed by atoms with Gasteiger partial charge in [-0.2, -0.15) is 0 Å². The molecule has 0 aromatic heterocycles. The van der Waals surface area contributed by atoms with Gasteiger partial charge in [-0.05, 0) is 43.3 Å². The van der Waals surface area contributed by atoms with Gasteiger partial charge in [-0.1, -0.05) is 22.8 Å². The van der Waals surface area contributed by atoms with Gasteiger partial charge in [0.1, 0.15) is 0 Å². The van der Waals surface area contributed by atoms with Crippen molar-refractivity contribution in [1.82, 2.24) is 0 Å². The van der Waals surface area contributed by atoms with Gasteiger partial charge in [0.2, 0.25) is 0 Å². The number of anilines is 1. The number of azide groups is 1. The Labute approximate surface area is 102 Å². The predicted octanol–water partition coefficient (Wildman–Crippen LogP) is 3.45. The Bertz CT molecular complexity index is 435. The molecule has 1 aromatic carbocycles. The molecule has 0 radical (unpaired) electrons. The van der Waals surface area contributed by atoms with E-state index in [9.17, 15) is 0 Å². The normalized spacial score (nSPS) is 14.1. The highest BCUT2D eigenvalue weighted by atomic mass is 15.2. The Balaban J connectivity index is 2.04. The van der Waals surface area contributed by atoms with Crippen LogP contribution in [-0.4, -0.2) is 19.6 Å². The van der Waals surface area contributed by atoms with E-state index >= 15 is 0 Å². The van der Waals surface area contributed by atoms with Gasteiger partial charge in [-0.25, -0.2) is 0 Å². The zero-order chi connectivity index (χ0) is 12.1. The first-order chi connectivity index (χ1) is 8.31. The Morgan fingerprint density at radius 1 is 1.47 bits per heavy atom. The van der Waals surface area contributed by atoms with Gasteiger partial charge in [-0.3, -0.25) is 0 Å². The number of nitrogens with zero attached hydrogens (tertiary/aromatic N) is 4. The maximum Gasteiger partial charge on any atom is 0.0398 e. The van der Waals surface area contributed by atoms with Gasteiger partial charge in [-0.15, -0.1) is 0 Å². The molecule has 4 heteroatoms. The molecule has 0 amide bonds. The van der Waals surface area contributed by atoms with Crippen LogP contribution in [-0.2, 0) is 6.42 Å². The second-order valence-corrected chi connectivity index (χ2v) is 4.53. The summed E-state index contributed by atoms with van der Waals surface area (Å²) in [6.07, 6.45) is 3.33. The van der Waals surface area contributed by atoms with Crippen LogP contribution in [0.5, 0.6) is 0 Å². The molecule has 0 bridgehead atoms. The second kappa shape index (κ2) is 5.60. The van der Waals surface area contributed by atoms with Crippen LogP contribution in [0.15, 0.2) is 23.3 Å². The summed E-state index contributed by atoms with van der Waals surface area (Å²) in [6.45, 7) is 4.83. The highest BCUT2D eigenvalue weighted by Gasteiger charge is 2.15. The van der Waals surface area contributed by atoms with Gasteiger partial charge in [0.25, 0.3) is 0 Å². The predicted molar refractivity (Wildman–Crippen MR) is 70.3 cm³/mol. The molecule has 0 fully saturated rings. The Hall–Kier alpha value is -1.67. The smallest absolute Gasteiger partial charge is 0.0398 e. The van der Waals surface area contributed by atoms with Crippen molar-refractivity contribution in [1.29, 1.82) is 0 Å². The first kappa shape index (κ1) is 11.8. The molecule has 0 aliphatic carbocycles. The molecule has 1 aliphatic heterocycles.